The number of benzene rings is 2. The molecule has 0 radical (unpaired) electrons. The molecular formula is C20H18Cl2N4. The van der Waals surface area contributed by atoms with Gasteiger partial charge in [-0.1, -0.05) is 59.6 Å². The Balaban J connectivity index is 1.60. The third-order valence-electron chi connectivity index (χ3n) is 4.72. The van der Waals surface area contributed by atoms with Gasteiger partial charge in [0, 0.05) is 46.9 Å². The van der Waals surface area contributed by atoms with Crippen LogP contribution < -0.4 is 10.6 Å². The molecule has 0 unspecified atom stereocenters. The van der Waals surface area contributed by atoms with Crippen LogP contribution in [0.1, 0.15) is 11.5 Å². The Hall–Kier alpha value is -2.14. The molecule has 6 heteroatoms. The van der Waals surface area contributed by atoms with Gasteiger partial charge in [-0.25, -0.2) is 9.97 Å². The Morgan fingerprint density at radius 2 is 1.81 bits per heavy atom. The molecule has 2 N–H and O–H groups in total. The zero-order valence-electron chi connectivity index (χ0n) is 14.0. The number of halogens is 2. The maximum absolute atomic E-state index is 6.41. The lowest BCUT2D eigenvalue weighted by molar-refractivity contribution is 0.653. The van der Waals surface area contributed by atoms with Gasteiger partial charge >= 0.3 is 0 Å². The van der Waals surface area contributed by atoms with E-state index >= 15 is 0 Å². The third-order valence-corrected chi connectivity index (χ3v) is 5.28. The lowest BCUT2D eigenvalue weighted by atomic mass is 9.95. The molecule has 0 bridgehead atoms. The van der Waals surface area contributed by atoms with Crippen LogP contribution in [-0.2, 0) is 0 Å². The first-order valence-electron chi connectivity index (χ1n) is 8.46. The molecule has 2 heterocycles. The van der Waals surface area contributed by atoms with E-state index in [1.165, 1.54) is 0 Å². The van der Waals surface area contributed by atoms with Gasteiger partial charge in [-0.3, -0.25) is 0 Å². The molecule has 1 fully saturated rings. The molecule has 1 aromatic heterocycles. The molecule has 1 saturated heterocycles. The fourth-order valence-electron chi connectivity index (χ4n) is 3.39. The normalized spacial score (nSPS) is 19.7. The second-order valence-electron chi connectivity index (χ2n) is 6.45. The maximum atomic E-state index is 6.41. The fraction of sp³-hybridized carbons (Fsp3) is 0.200. The maximum Gasteiger partial charge on any atom is 0.225 e. The first-order valence-corrected chi connectivity index (χ1v) is 9.21. The van der Waals surface area contributed by atoms with Gasteiger partial charge in [0.05, 0.1) is 5.69 Å². The van der Waals surface area contributed by atoms with E-state index in [4.69, 9.17) is 33.9 Å². The summed E-state index contributed by atoms with van der Waals surface area (Å²) in [7, 11) is 0. The molecule has 132 valence electrons. The van der Waals surface area contributed by atoms with Crippen LogP contribution in [0.25, 0.3) is 11.3 Å². The zero-order valence-corrected chi connectivity index (χ0v) is 15.5. The van der Waals surface area contributed by atoms with Crippen LogP contribution >= 0.6 is 23.2 Å². The summed E-state index contributed by atoms with van der Waals surface area (Å²) in [5.41, 5.74) is 9.39. The minimum atomic E-state index is -0.0438. The zero-order chi connectivity index (χ0) is 18.1. The third kappa shape index (κ3) is 3.40. The summed E-state index contributed by atoms with van der Waals surface area (Å²) in [6.45, 7) is 1.41. The van der Waals surface area contributed by atoms with E-state index in [0.717, 1.165) is 23.4 Å². The minimum absolute atomic E-state index is 0.0438. The summed E-state index contributed by atoms with van der Waals surface area (Å²) >= 11 is 12.4. The summed E-state index contributed by atoms with van der Waals surface area (Å²) < 4.78 is 0. The van der Waals surface area contributed by atoms with Crippen molar-refractivity contribution in [3.8, 4) is 11.3 Å². The Morgan fingerprint density at radius 3 is 2.58 bits per heavy atom. The van der Waals surface area contributed by atoms with Crippen LogP contribution in [0.3, 0.4) is 0 Å². The van der Waals surface area contributed by atoms with Crippen molar-refractivity contribution < 1.29 is 0 Å². The predicted molar refractivity (Wildman–Crippen MR) is 107 cm³/mol. The summed E-state index contributed by atoms with van der Waals surface area (Å²) in [6, 6.07) is 17.5. The van der Waals surface area contributed by atoms with Crippen molar-refractivity contribution >= 4 is 29.2 Å². The number of nitrogens with two attached hydrogens (primary N) is 1. The molecule has 1 aliphatic heterocycles. The largest absolute Gasteiger partial charge is 0.339 e. The number of aromatic nitrogens is 2. The van der Waals surface area contributed by atoms with Crippen molar-refractivity contribution in [2.75, 3.05) is 18.0 Å². The number of hydrogen-bond acceptors (Lipinski definition) is 4. The highest BCUT2D eigenvalue weighted by atomic mass is 35.5. The van der Waals surface area contributed by atoms with E-state index in [0.29, 0.717) is 22.5 Å². The molecule has 26 heavy (non-hydrogen) atoms. The molecule has 2 atom stereocenters. The Kier molecular flexibility index (Phi) is 4.81. The number of rotatable bonds is 3. The predicted octanol–water partition coefficient (Wildman–Crippen LogP) is 4.38. The summed E-state index contributed by atoms with van der Waals surface area (Å²) in [4.78, 5) is 11.3. The summed E-state index contributed by atoms with van der Waals surface area (Å²) in [5, 5.41) is 1.28. The van der Waals surface area contributed by atoms with E-state index in [9.17, 15) is 0 Å². The van der Waals surface area contributed by atoms with Gasteiger partial charge in [-0.2, -0.15) is 0 Å². The molecule has 4 rings (SSSR count). The number of anilines is 1. The number of hydrogen-bond donors (Lipinski definition) is 1. The lowest BCUT2D eigenvalue weighted by Crippen LogP contribution is -2.29. The standard InChI is InChI=1S/C20H18Cl2N4/c21-14-6-7-15(17(22)10-14)16-11-26(12-18(16)23)20-24-9-8-19(25-20)13-4-2-1-3-5-13/h1-10,16,18H,11-12,23H2/t16-,18+/m1/s1. The average Bonchev–Trinajstić information content (AvgIpc) is 3.04. The van der Waals surface area contributed by atoms with Gasteiger partial charge in [0.1, 0.15) is 0 Å². The van der Waals surface area contributed by atoms with E-state index in [1.54, 1.807) is 12.3 Å². The second-order valence-corrected chi connectivity index (χ2v) is 7.29. The number of nitrogens with zero attached hydrogens (tertiary/aromatic N) is 3. The molecular weight excluding hydrogens is 367 g/mol. The highest BCUT2D eigenvalue weighted by Gasteiger charge is 2.33. The minimum Gasteiger partial charge on any atom is -0.339 e. The van der Waals surface area contributed by atoms with Crippen LogP contribution in [0, 0.1) is 0 Å². The van der Waals surface area contributed by atoms with Gasteiger partial charge in [0.2, 0.25) is 5.95 Å². The SMILES string of the molecule is N[C@H]1CN(c2nccc(-c3ccccc3)n2)C[C@@H]1c1ccc(Cl)cc1Cl. The van der Waals surface area contributed by atoms with E-state index in [-0.39, 0.29) is 12.0 Å². The Bertz CT molecular complexity index is 917. The highest BCUT2D eigenvalue weighted by Crippen LogP contribution is 2.34. The van der Waals surface area contributed by atoms with Crippen molar-refractivity contribution in [2.24, 2.45) is 5.73 Å². The first-order chi connectivity index (χ1) is 12.6. The van der Waals surface area contributed by atoms with Crippen LogP contribution in [-0.4, -0.2) is 29.1 Å². The van der Waals surface area contributed by atoms with Crippen LogP contribution in [0.15, 0.2) is 60.8 Å². The van der Waals surface area contributed by atoms with Crippen molar-refractivity contribution in [3.63, 3.8) is 0 Å². The van der Waals surface area contributed by atoms with E-state index in [1.807, 2.05) is 48.5 Å². The van der Waals surface area contributed by atoms with Crippen molar-refractivity contribution in [1.29, 1.82) is 0 Å². The van der Waals surface area contributed by atoms with E-state index in [2.05, 4.69) is 9.88 Å². The molecule has 3 aromatic rings. The molecule has 0 aliphatic carbocycles. The van der Waals surface area contributed by atoms with Crippen LogP contribution in [0.5, 0.6) is 0 Å². The van der Waals surface area contributed by atoms with Gasteiger partial charge in [-0.05, 0) is 23.8 Å². The van der Waals surface area contributed by atoms with Crippen molar-refractivity contribution in [2.45, 2.75) is 12.0 Å². The van der Waals surface area contributed by atoms with Crippen LogP contribution in [0.4, 0.5) is 5.95 Å². The monoisotopic (exact) mass is 384 g/mol. The Labute approximate surface area is 162 Å². The lowest BCUT2D eigenvalue weighted by Gasteiger charge is -2.17. The van der Waals surface area contributed by atoms with Gasteiger partial charge in [-0.15, -0.1) is 0 Å². The molecule has 1 aliphatic rings. The molecule has 2 aromatic carbocycles. The molecule has 4 nitrogen and oxygen atoms in total. The van der Waals surface area contributed by atoms with E-state index < -0.39 is 0 Å². The Morgan fingerprint density at radius 1 is 1.00 bits per heavy atom. The van der Waals surface area contributed by atoms with Crippen LogP contribution in [0.2, 0.25) is 10.0 Å². The highest BCUT2D eigenvalue weighted by molar-refractivity contribution is 6.35. The summed E-state index contributed by atoms with van der Waals surface area (Å²) in [5.74, 6) is 0.804. The van der Waals surface area contributed by atoms with Gasteiger partial charge < -0.3 is 10.6 Å². The quantitative estimate of drug-likeness (QED) is 0.727. The summed E-state index contributed by atoms with van der Waals surface area (Å²) in [6.07, 6.45) is 1.79. The molecule has 0 amide bonds. The second kappa shape index (κ2) is 7.23. The topological polar surface area (TPSA) is 55.0 Å². The van der Waals surface area contributed by atoms with Gasteiger partial charge in [0.25, 0.3) is 0 Å². The van der Waals surface area contributed by atoms with Crippen molar-refractivity contribution in [3.05, 3.63) is 76.4 Å². The molecule has 0 saturated carbocycles. The smallest absolute Gasteiger partial charge is 0.225 e. The van der Waals surface area contributed by atoms with Gasteiger partial charge in [0.15, 0.2) is 0 Å². The molecule has 0 spiro atoms. The fourth-order valence-corrected chi connectivity index (χ4v) is 3.94. The van der Waals surface area contributed by atoms with Crippen molar-refractivity contribution in [1.82, 2.24) is 9.97 Å². The first kappa shape index (κ1) is 17.3. The average molecular weight is 385 g/mol.